The lowest BCUT2D eigenvalue weighted by Crippen LogP contribution is -2.45. The molecule has 0 heterocycles. The number of aliphatic imine (C=N–C) groups is 1. The summed E-state index contributed by atoms with van der Waals surface area (Å²) >= 11 is 0. The van der Waals surface area contributed by atoms with Crippen LogP contribution in [0.2, 0.25) is 0 Å². The SMILES string of the molecule is CCNC(=NCCOc1cccc(OC)c1)NC1CCC(O)CC1. The van der Waals surface area contributed by atoms with Crippen molar-refractivity contribution in [2.24, 2.45) is 4.99 Å². The molecule has 0 aliphatic heterocycles. The first kappa shape index (κ1) is 18.4. The molecule has 0 unspecified atom stereocenters. The number of hydrogen-bond acceptors (Lipinski definition) is 4. The van der Waals surface area contributed by atoms with E-state index in [1.165, 1.54) is 0 Å². The highest BCUT2D eigenvalue weighted by molar-refractivity contribution is 5.80. The van der Waals surface area contributed by atoms with Crippen LogP contribution >= 0.6 is 0 Å². The van der Waals surface area contributed by atoms with E-state index in [-0.39, 0.29) is 6.10 Å². The first-order chi connectivity index (χ1) is 11.7. The van der Waals surface area contributed by atoms with Gasteiger partial charge in [0, 0.05) is 18.7 Å². The Balaban J connectivity index is 1.77. The predicted octanol–water partition coefficient (Wildman–Crippen LogP) is 1.93. The minimum atomic E-state index is -0.140. The van der Waals surface area contributed by atoms with Gasteiger partial charge < -0.3 is 25.2 Å². The van der Waals surface area contributed by atoms with Gasteiger partial charge in [0.25, 0.3) is 0 Å². The lowest BCUT2D eigenvalue weighted by molar-refractivity contribution is 0.120. The van der Waals surface area contributed by atoms with Gasteiger partial charge in [-0.05, 0) is 44.7 Å². The largest absolute Gasteiger partial charge is 0.497 e. The number of nitrogens with one attached hydrogen (secondary N) is 2. The second-order valence-corrected chi connectivity index (χ2v) is 5.94. The van der Waals surface area contributed by atoms with E-state index < -0.39 is 0 Å². The zero-order valence-corrected chi connectivity index (χ0v) is 14.6. The van der Waals surface area contributed by atoms with E-state index in [4.69, 9.17) is 9.47 Å². The Labute approximate surface area is 144 Å². The molecule has 1 aromatic rings. The highest BCUT2D eigenvalue weighted by Crippen LogP contribution is 2.19. The second kappa shape index (κ2) is 10.0. The summed E-state index contributed by atoms with van der Waals surface area (Å²) in [7, 11) is 1.64. The topological polar surface area (TPSA) is 75.1 Å². The maximum atomic E-state index is 9.58. The molecule has 0 spiro atoms. The molecule has 0 saturated heterocycles. The van der Waals surface area contributed by atoms with Gasteiger partial charge in [0.1, 0.15) is 18.1 Å². The summed E-state index contributed by atoms with van der Waals surface area (Å²) < 4.78 is 10.9. The molecular weight excluding hydrogens is 306 g/mol. The molecule has 6 nitrogen and oxygen atoms in total. The van der Waals surface area contributed by atoms with Crippen LogP contribution in [-0.2, 0) is 0 Å². The Morgan fingerprint density at radius 3 is 2.71 bits per heavy atom. The van der Waals surface area contributed by atoms with Crippen molar-refractivity contribution in [2.75, 3.05) is 26.8 Å². The highest BCUT2D eigenvalue weighted by Gasteiger charge is 2.19. The molecule has 0 amide bonds. The summed E-state index contributed by atoms with van der Waals surface area (Å²) in [5, 5.41) is 16.3. The second-order valence-electron chi connectivity index (χ2n) is 5.94. The standard InChI is InChI=1S/C18H29N3O3/c1-3-19-18(21-14-7-9-15(22)10-8-14)20-11-12-24-17-6-4-5-16(13-17)23-2/h4-6,13-15,22H,3,7-12H2,1-2H3,(H2,19,20,21). The third kappa shape index (κ3) is 6.28. The zero-order chi connectivity index (χ0) is 17.2. The van der Waals surface area contributed by atoms with Crippen molar-refractivity contribution in [2.45, 2.75) is 44.8 Å². The summed E-state index contributed by atoms with van der Waals surface area (Å²) in [6.07, 6.45) is 3.53. The smallest absolute Gasteiger partial charge is 0.191 e. The molecule has 24 heavy (non-hydrogen) atoms. The van der Waals surface area contributed by atoms with Gasteiger partial charge in [-0.2, -0.15) is 0 Å². The van der Waals surface area contributed by atoms with Crippen LogP contribution in [-0.4, -0.2) is 50.0 Å². The van der Waals surface area contributed by atoms with Crippen molar-refractivity contribution in [3.63, 3.8) is 0 Å². The van der Waals surface area contributed by atoms with E-state index in [0.29, 0.717) is 19.2 Å². The third-order valence-corrected chi connectivity index (χ3v) is 4.05. The Bertz CT molecular complexity index is 514. The van der Waals surface area contributed by atoms with Gasteiger partial charge in [0.05, 0.1) is 19.8 Å². The maximum absolute atomic E-state index is 9.58. The number of guanidine groups is 1. The summed E-state index contributed by atoms with van der Waals surface area (Å²) in [5.41, 5.74) is 0. The lowest BCUT2D eigenvalue weighted by Gasteiger charge is -2.27. The molecular formula is C18H29N3O3. The maximum Gasteiger partial charge on any atom is 0.191 e. The van der Waals surface area contributed by atoms with Gasteiger partial charge in [-0.25, -0.2) is 4.99 Å². The van der Waals surface area contributed by atoms with Crippen molar-refractivity contribution in [1.82, 2.24) is 10.6 Å². The highest BCUT2D eigenvalue weighted by atomic mass is 16.5. The van der Waals surface area contributed by atoms with Crippen LogP contribution in [0.4, 0.5) is 0 Å². The zero-order valence-electron chi connectivity index (χ0n) is 14.6. The number of ether oxygens (including phenoxy) is 2. The molecule has 134 valence electrons. The van der Waals surface area contributed by atoms with Crippen LogP contribution in [0.15, 0.2) is 29.3 Å². The van der Waals surface area contributed by atoms with Crippen molar-refractivity contribution >= 4 is 5.96 Å². The first-order valence-corrected chi connectivity index (χ1v) is 8.71. The Morgan fingerprint density at radius 1 is 1.25 bits per heavy atom. The van der Waals surface area contributed by atoms with Crippen molar-refractivity contribution < 1.29 is 14.6 Å². The van der Waals surface area contributed by atoms with Gasteiger partial charge in [0.2, 0.25) is 0 Å². The van der Waals surface area contributed by atoms with Crippen LogP contribution in [0.1, 0.15) is 32.6 Å². The van der Waals surface area contributed by atoms with Crippen molar-refractivity contribution in [3.8, 4) is 11.5 Å². The van der Waals surface area contributed by atoms with Gasteiger partial charge in [0.15, 0.2) is 5.96 Å². The van der Waals surface area contributed by atoms with Gasteiger partial charge in [-0.3, -0.25) is 0 Å². The number of aliphatic hydroxyl groups is 1. The van der Waals surface area contributed by atoms with E-state index in [1.54, 1.807) is 7.11 Å². The molecule has 1 aromatic carbocycles. The van der Waals surface area contributed by atoms with Crippen LogP contribution in [0.3, 0.4) is 0 Å². The quantitative estimate of drug-likeness (QED) is 0.403. The van der Waals surface area contributed by atoms with Crippen molar-refractivity contribution in [3.05, 3.63) is 24.3 Å². The predicted molar refractivity (Wildman–Crippen MR) is 95.9 cm³/mol. The summed E-state index contributed by atoms with van der Waals surface area (Å²) in [4.78, 5) is 4.56. The van der Waals surface area contributed by atoms with E-state index >= 15 is 0 Å². The van der Waals surface area contributed by atoms with Crippen LogP contribution < -0.4 is 20.1 Å². The fraction of sp³-hybridized carbons (Fsp3) is 0.611. The molecule has 6 heteroatoms. The first-order valence-electron chi connectivity index (χ1n) is 8.71. The molecule has 1 saturated carbocycles. The summed E-state index contributed by atoms with van der Waals surface area (Å²) in [5.74, 6) is 2.38. The average Bonchev–Trinajstić information content (AvgIpc) is 2.61. The number of aliphatic hydroxyl groups excluding tert-OH is 1. The van der Waals surface area contributed by atoms with Gasteiger partial charge >= 0.3 is 0 Å². The molecule has 0 atom stereocenters. The van der Waals surface area contributed by atoms with Gasteiger partial charge in [-0.1, -0.05) is 6.07 Å². The monoisotopic (exact) mass is 335 g/mol. The molecule has 0 aromatic heterocycles. The van der Waals surface area contributed by atoms with Gasteiger partial charge in [-0.15, -0.1) is 0 Å². The van der Waals surface area contributed by atoms with Crippen LogP contribution in [0.5, 0.6) is 11.5 Å². The molecule has 1 aliphatic rings. The molecule has 3 N–H and O–H groups in total. The molecule has 0 bridgehead atoms. The van der Waals surface area contributed by atoms with Crippen molar-refractivity contribution in [1.29, 1.82) is 0 Å². The number of methoxy groups -OCH3 is 1. The Hall–Kier alpha value is -1.95. The fourth-order valence-corrected chi connectivity index (χ4v) is 2.75. The molecule has 1 fully saturated rings. The number of benzene rings is 1. The van der Waals surface area contributed by atoms with E-state index in [0.717, 1.165) is 49.7 Å². The molecule has 0 radical (unpaired) electrons. The fourth-order valence-electron chi connectivity index (χ4n) is 2.75. The number of hydrogen-bond donors (Lipinski definition) is 3. The average molecular weight is 335 g/mol. The number of nitrogens with zero attached hydrogens (tertiary/aromatic N) is 1. The normalized spacial score (nSPS) is 21.2. The molecule has 2 rings (SSSR count). The minimum absolute atomic E-state index is 0.140. The third-order valence-electron chi connectivity index (χ3n) is 4.05. The van der Waals surface area contributed by atoms with Crippen LogP contribution in [0, 0.1) is 0 Å². The van der Waals surface area contributed by atoms with E-state index in [2.05, 4.69) is 22.5 Å². The molecule has 1 aliphatic carbocycles. The Morgan fingerprint density at radius 2 is 2.00 bits per heavy atom. The minimum Gasteiger partial charge on any atom is -0.497 e. The Kier molecular flexibility index (Phi) is 7.68. The lowest BCUT2D eigenvalue weighted by atomic mass is 9.93. The summed E-state index contributed by atoms with van der Waals surface area (Å²) in [6, 6.07) is 7.94. The van der Waals surface area contributed by atoms with Crippen LogP contribution in [0.25, 0.3) is 0 Å². The number of rotatable bonds is 7. The van der Waals surface area contributed by atoms with E-state index in [9.17, 15) is 5.11 Å². The summed E-state index contributed by atoms with van der Waals surface area (Å²) in [6.45, 7) is 3.95. The van der Waals surface area contributed by atoms with E-state index in [1.807, 2.05) is 24.3 Å².